The van der Waals surface area contributed by atoms with Crippen LogP contribution >= 0.6 is 0 Å². The number of hydrogen-bond acceptors (Lipinski definition) is 6. The summed E-state index contributed by atoms with van der Waals surface area (Å²) in [6.45, 7) is 8.31. The lowest BCUT2D eigenvalue weighted by Crippen LogP contribution is -1.93. The monoisotopic (exact) mass is 374 g/mol. The first-order valence-corrected chi connectivity index (χ1v) is 9.37. The molecule has 4 rings (SSSR count). The van der Waals surface area contributed by atoms with E-state index >= 15 is 0 Å². The Bertz CT molecular complexity index is 1010. The number of pyridine rings is 2. The van der Waals surface area contributed by atoms with E-state index in [9.17, 15) is 0 Å². The van der Waals surface area contributed by atoms with E-state index in [0.29, 0.717) is 35.0 Å². The lowest BCUT2D eigenvalue weighted by molar-refractivity contribution is 0.568. The molecule has 0 radical (unpaired) electrons. The van der Waals surface area contributed by atoms with E-state index in [1.54, 1.807) is 12.5 Å². The summed E-state index contributed by atoms with van der Waals surface area (Å²) in [6.07, 6.45) is 3.37. The van der Waals surface area contributed by atoms with Crippen LogP contribution in [0.1, 0.15) is 50.9 Å². The van der Waals surface area contributed by atoms with Gasteiger partial charge in [0.25, 0.3) is 0 Å². The zero-order valence-corrected chi connectivity index (χ0v) is 16.4. The van der Waals surface area contributed by atoms with E-state index in [1.807, 2.05) is 36.4 Å². The van der Waals surface area contributed by atoms with Crippen molar-refractivity contribution in [3.05, 3.63) is 60.3 Å². The first kappa shape index (κ1) is 18.1. The highest BCUT2D eigenvalue weighted by Crippen LogP contribution is 2.26. The highest BCUT2D eigenvalue weighted by molar-refractivity contribution is 5.62. The van der Waals surface area contributed by atoms with Crippen LogP contribution in [0.25, 0.3) is 34.6 Å². The Morgan fingerprint density at radius 2 is 0.964 bits per heavy atom. The fourth-order valence-corrected chi connectivity index (χ4v) is 2.73. The van der Waals surface area contributed by atoms with Crippen LogP contribution in [-0.4, -0.2) is 19.9 Å². The predicted octanol–water partition coefficient (Wildman–Crippen LogP) is 5.70. The first-order chi connectivity index (χ1) is 13.5. The smallest absolute Gasteiger partial charge is 0.245 e. The Labute approximate surface area is 163 Å². The molecule has 0 N–H and O–H groups in total. The average Bonchev–Trinajstić information content (AvgIpc) is 3.38. The van der Waals surface area contributed by atoms with Gasteiger partial charge in [-0.05, 0) is 36.1 Å². The molecule has 0 saturated carbocycles. The van der Waals surface area contributed by atoms with Crippen molar-refractivity contribution < 1.29 is 8.83 Å². The van der Waals surface area contributed by atoms with Crippen molar-refractivity contribution in [1.82, 2.24) is 19.9 Å². The molecule has 0 unspecified atom stereocenters. The van der Waals surface area contributed by atoms with Crippen molar-refractivity contribution in [2.45, 2.75) is 39.5 Å². The van der Waals surface area contributed by atoms with Gasteiger partial charge in [-0.2, -0.15) is 0 Å². The van der Waals surface area contributed by atoms with Gasteiger partial charge in [0.2, 0.25) is 11.8 Å². The molecular weight excluding hydrogens is 352 g/mol. The highest BCUT2D eigenvalue weighted by atomic mass is 16.3. The number of rotatable bonds is 5. The van der Waals surface area contributed by atoms with E-state index in [2.05, 4.69) is 47.6 Å². The van der Waals surface area contributed by atoms with Crippen LogP contribution in [-0.2, 0) is 0 Å². The van der Waals surface area contributed by atoms with Crippen molar-refractivity contribution in [1.29, 1.82) is 0 Å². The number of nitrogens with zero attached hydrogens (tertiary/aromatic N) is 4. The van der Waals surface area contributed by atoms with E-state index in [4.69, 9.17) is 8.83 Å². The van der Waals surface area contributed by atoms with Crippen LogP contribution in [0.15, 0.2) is 57.8 Å². The van der Waals surface area contributed by atoms with Crippen LogP contribution in [0.5, 0.6) is 0 Å². The topological polar surface area (TPSA) is 77.8 Å². The molecule has 0 atom stereocenters. The van der Waals surface area contributed by atoms with Gasteiger partial charge in [-0.15, -0.1) is 0 Å². The van der Waals surface area contributed by atoms with Gasteiger partial charge in [0, 0.05) is 0 Å². The Morgan fingerprint density at radius 3 is 1.32 bits per heavy atom. The van der Waals surface area contributed by atoms with Crippen LogP contribution < -0.4 is 0 Å². The van der Waals surface area contributed by atoms with Crippen LogP contribution in [0.4, 0.5) is 0 Å². The second-order valence-electron chi connectivity index (χ2n) is 7.28. The summed E-state index contributed by atoms with van der Waals surface area (Å²) in [5, 5.41) is 0. The molecule has 0 fully saturated rings. The first-order valence-electron chi connectivity index (χ1n) is 9.37. The number of hydrogen-bond donors (Lipinski definition) is 0. The van der Waals surface area contributed by atoms with E-state index in [0.717, 1.165) is 22.8 Å². The maximum atomic E-state index is 5.60. The minimum atomic E-state index is 0.301. The Kier molecular flexibility index (Phi) is 4.77. The lowest BCUT2D eigenvalue weighted by atomic mass is 10.2. The molecule has 4 aromatic heterocycles. The van der Waals surface area contributed by atoms with Gasteiger partial charge in [0.05, 0.1) is 22.8 Å². The van der Waals surface area contributed by atoms with Gasteiger partial charge in [-0.3, -0.25) is 0 Å². The zero-order valence-electron chi connectivity index (χ0n) is 16.4. The van der Waals surface area contributed by atoms with Crippen molar-refractivity contribution in [3.8, 4) is 34.6 Å². The summed E-state index contributed by atoms with van der Waals surface area (Å²) in [4.78, 5) is 18.4. The summed E-state index contributed by atoms with van der Waals surface area (Å²) in [6, 6.07) is 11.4. The molecule has 0 aromatic carbocycles. The molecular formula is C22H22N4O2. The third-order valence-electron chi connectivity index (χ3n) is 4.43. The SMILES string of the molecule is CC(C)c1coc(-c2cccc(-c3cccc(-c4nc(C(C)C)co4)n3)n2)n1. The summed E-state index contributed by atoms with van der Waals surface area (Å²) in [7, 11) is 0. The predicted molar refractivity (Wildman–Crippen MR) is 107 cm³/mol. The van der Waals surface area contributed by atoms with Crippen molar-refractivity contribution >= 4 is 0 Å². The largest absolute Gasteiger partial charge is 0.443 e. The van der Waals surface area contributed by atoms with E-state index < -0.39 is 0 Å². The summed E-state index contributed by atoms with van der Waals surface area (Å²) < 4.78 is 11.2. The molecule has 4 aromatic rings. The minimum Gasteiger partial charge on any atom is -0.443 e. The number of oxazole rings is 2. The Balaban J connectivity index is 1.67. The van der Waals surface area contributed by atoms with Gasteiger partial charge in [0.15, 0.2) is 0 Å². The van der Waals surface area contributed by atoms with Crippen molar-refractivity contribution in [3.63, 3.8) is 0 Å². The van der Waals surface area contributed by atoms with Gasteiger partial charge in [-0.25, -0.2) is 19.9 Å². The normalized spacial score (nSPS) is 11.5. The lowest BCUT2D eigenvalue weighted by Gasteiger charge is -2.03. The van der Waals surface area contributed by atoms with Gasteiger partial charge in [-0.1, -0.05) is 39.8 Å². The molecule has 0 aliphatic carbocycles. The molecule has 0 saturated heterocycles. The van der Waals surface area contributed by atoms with Crippen molar-refractivity contribution in [2.75, 3.05) is 0 Å². The fourth-order valence-electron chi connectivity index (χ4n) is 2.73. The molecule has 0 aliphatic heterocycles. The second kappa shape index (κ2) is 7.38. The molecule has 4 heterocycles. The zero-order chi connectivity index (χ0) is 19.7. The maximum Gasteiger partial charge on any atom is 0.245 e. The average molecular weight is 374 g/mol. The fraction of sp³-hybridized carbons (Fsp3) is 0.273. The molecule has 6 heteroatoms. The van der Waals surface area contributed by atoms with Crippen LogP contribution in [0.2, 0.25) is 0 Å². The molecule has 6 nitrogen and oxygen atoms in total. The van der Waals surface area contributed by atoms with Gasteiger partial charge >= 0.3 is 0 Å². The van der Waals surface area contributed by atoms with E-state index in [1.165, 1.54) is 0 Å². The molecule has 142 valence electrons. The summed E-state index contributed by atoms with van der Waals surface area (Å²) >= 11 is 0. The van der Waals surface area contributed by atoms with Gasteiger partial charge < -0.3 is 8.83 Å². The summed E-state index contributed by atoms with van der Waals surface area (Å²) in [5.74, 6) is 1.62. The third kappa shape index (κ3) is 3.58. The summed E-state index contributed by atoms with van der Waals surface area (Å²) in [5.41, 5.74) is 4.64. The van der Waals surface area contributed by atoms with Crippen LogP contribution in [0.3, 0.4) is 0 Å². The maximum absolute atomic E-state index is 5.60. The number of aromatic nitrogens is 4. The molecule has 0 bridgehead atoms. The molecule has 28 heavy (non-hydrogen) atoms. The quantitative estimate of drug-likeness (QED) is 0.446. The molecule has 0 amide bonds. The standard InChI is InChI=1S/C22H22N4O2/c1-13(2)19-11-27-21(25-19)17-9-5-7-15(23-17)16-8-6-10-18(24-16)22-26-20(12-28-22)14(3)4/h5-14H,1-4H3. The second-order valence-corrected chi connectivity index (χ2v) is 7.28. The molecule has 0 spiro atoms. The minimum absolute atomic E-state index is 0.301. The highest BCUT2D eigenvalue weighted by Gasteiger charge is 2.14. The van der Waals surface area contributed by atoms with E-state index in [-0.39, 0.29) is 0 Å². The Hall–Kier alpha value is -3.28. The van der Waals surface area contributed by atoms with Crippen molar-refractivity contribution in [2.24, 2.45) is 0 Å². The Morgan fingerprint density at radius 1 is 0.571 bits per heavy atom. The third-order valence-corrected chi connectivity index (χ3v) is 4.43. The molecule has 0 aliphatic rings. The van der Waals surface area contributed by atoms with Crippen LogP contribution in [0, 0.1) is 0 Å². The van der Waals surface area contributed by atoms with Gasteiger partial charge in [0.1, 0.15) is 23.9 Å².